The highest BCUT2D eigenvalue weighted by molar-refractivity contribution is 7.88. The molecule has 2 aromatic heterocycles. The third-order valence-electron chi connectivity index (χ3n) is 7.99. The average Bonchev–Trinajstić information content (AvgIpc) is 3.30. The molecular weight excluding hydrogens is 557 g/mol. The van der Waals surface area contributed by atoms with Crippen molar-refractivity contribution >= 4 is 10.0 Å². The summed E-state index contributed by atoms with van der Waals surface area (Å²) in [4.78, 5) is 6.68. The van der Waals surface area contributed by atoms with Gasteiger partial charge in [0.2, 0.25) is 10.0 Å². The van der Waals surface area contributed by atoms with Crippen LogP contribution in [0.3, 0.4) is 0 Å². The van der Waals surface area contributed by atoms with Gasteiger partial charge in [0.25, 0.3) is 0 Å². The van der Waals surface area contributed by atoms with E-state index in [9.17, 15) is 26.7 Å². The molecule has 1 atom stereocenters. The number of hydrogen-bond donors (Lipinski definition) is 1. The molecule has 1 saturated heterocycles. The lowest BCUT2D eigenvalue weighted by Crippen LogP contribution is -2.40. The van der Waals surface area contributed by atoms with E-state index in [0.29, 0.717) is 35.7 Å². The molecule has 13 heteroatoms. The average molecular weight is 592 g/mol. The largest absolute Gasteiger partial charge is 0.674 e. The number of nitrogens with zero attached hydrogens (tertiary/aromatic N) is 5. The molecule has 2 aliphatic heterocycles. The van der Waals surface area contributed by atoms with Gasteiger partial charge in [-0.05, 0) is 44.1 Å². The second-order valence-corrected chi connectivity index (χ2v) is 12.8. The van der Waals surface area contributed by atoms with Gasteiger partial charge in [-0.2, -0.15) is 22.6 Å². The lowest BCUT2D eigenvalue weighted by atomic mass is 9.93. The van der Waals surface area contributed by atoms with Crippen LogP contribution >= 0.6 is 0 Å². The Bertz CT molecular complexity index is 1470. The van der Waals surface area contributed by atoms with Crippen molar-refractivity contribution < 1.29 is 26.7 Å². The van der Waals surface area contributed by atoms with E-state index < -0.39 is 34.4 Å². The van der Waals surface area contributed by atoms with Crippen LogP contribution < -0.4 is 0 Å². The first-order chi connectivity index (χ1) is 19.4. The molecule has 0 saturated carbocycles. The number of aliphatic hydroxyl groups excluding tert-OH is 1. The summed E-state index contributed by atoms with van der Waals surface area (Å²) >= 11 is 0. The zero-order chi connectivity index (χ0) is 29.4. The Balaban J connectivity index is 1.36. The number of pyridine rings is 1. The van der Waals surface area contributed by atoms with E-state index in [1.54, 1.807) is 10.9 Å². The van der Waals surface area contributed by atoms with E-state index in [1.807, 2.05) is 18.2 Å². The third-order valence-corrected chi connectivity index (χ3v) is 9.24. The van der Waals surface area contributed by atoms with Gasteiger partial charge in [0, 0.05) is 60.7 Å². The van der Waals surface area contributed by atoms with Gasteiger partial charge >= 0.3 is 6.18 Å². The van der Waals surface area contributed by atoms with Gasteiger partial charge in [0.1, 0.15) is 0 Å². The number of β-amino-alcohol motifs (C(OH)–C–C–N with tert-alkyl or cyclic N) is 1. The van der Waals surface area contributed by atoms with Gasteiger partial charge in [-0.25, -0.2) is 8.42 Å². The number of fused-ring (bicyclic) bond motifs is 1. The van der Waals surface area contributed by atoms with E-state index >= 15 is 0 Å². The van der Waals surface area contributed by atoms with E-state index in [0.717, 1.165) is 49.6 Å². The Kier molecular flexibility index (Phi) is 8.53. The molecular formula is C28H34F3N6O3S-. The van der Waals surface area contributed by atoms with Crippen LogP contribution in [0.5, 0.6) is 0 Å². The quantitative estimate of drug-likeness (QED) is 0.422. The van der Waals surface area contributed by atoms with E-state index in [2.05, 4.69) is 9.88 Å². The van der Waals surface area contributed by atoms with Gasteiger partial charge in [0.15, 0.2) is 0 Å². The van der Waals surface area contributed by atoms with Crippen LogP contribution in [-0.2, 0) is 42.3 Å². The second-order valence-electron chi connectivity index (χ2n) is 10.8. The fourth-order valence-electron chi connectivity index (χ4n) is 5.88. The number of aliphatic hydroxyl groups is 1. The SMILES string of the molecule is CS(=O)(=O)N1CCc2c(c(-c3ccc(C(F)(F)F)c(C[NH-])c3)nn2CC(O)CN2CCC(c3ccccn3)CC2)C1. The maximum Gasteiger partial charge on any atom is 0.416 e. The van der Waals surface area contributed by atoms with Crippen molar-refractivity contribution in [2.24, 2.45) is 0 Å². The van der Waals surface area contributed by atoms with E-state index in [-0.39, 0.29) is 25.2 Å². The molecule has 4 heterocycles. The fraction of sp³-hybridized carbons (Fsp3) is 0.500. The topological polar surface area (TPSA) is 115 Å². The zero-order valence-electron chi connectivity index (χ0n) is 22.8. The number of alkyl halides is 3. The first kappa shape index (κ1) is 29.6. The summed E-state index contributed by atoms with van der Waals surface area (Å²) in [6.07, 6.45) is -0.155. The predicted octanol–water partition coefficient (Wildman–Crippen LogP) is 4.07. The zero-order valence-corrected chi connectivity index (χ0v) is 23.6. The van der Waals surface area contributed by atoms with Crippen LogP contribution in [0.25, 0.3) is 17.0 Å². The number of rotatable bonds is 8. The molecule has 0 aliphatic carbocycles. The molecule has 222 valence electrons. The van der Waals surface area contributed by atoms with Crippen LogP contribution in [0.4, 0.5) is 13.2 Å². The minimum Gasteiger partial charge on any atom is -0.674 e. The van der Waals surface area contributed by atoms with Crippen molar-refractivity contribution in [2.45, 2.75) is 57.1 Å². The molecule has 3 aromatic rings. The summed E-state index contributed by atoms with van der Waals surface area (Å²) in [5, 5.41) is 15.7. The first-order valence-electron chi connectivity index (χ1n) is 13.6. The van der Waals surface area contributed by atoms with Gasteiger partial charge < -0.3 is 15.7 Å². The number of sulfonamides is 1. The van der Waals surface area contributed by atoms with Crippen molar-refractivity contribution in [2.75, 3.05) is 32.4 Å². The molecule has 0 bridgehead atoms. The van der Waals surface area contributed by atoms with Crippen molar-refractivity contribution in [3.63, 3.8) is 0 Å². The van der Waals surface area contributed by atoms with Gasteiger partial charge in [-0.15, -0.1) is 6.54 Å². The van der Waals surface area contributed by atoms with Crippen LogP contribution in [-0.4, -0.2) is 76.0 Å². The van der Waals surface area contributed by atoms with Crippen molar-refractivity contribution in [3.05, 3.63) is 76.4 Å². The molecule has 41 heavy (non-hydrogen) atoms. The molecule has 1 fully saturated rings. The van der Waals surface area contributed by atoms with Gasteiger partial charge in [-0.3, -0.25) is 9.67 Å². The molecule has 2 aliphatic rings. The van der Waals surface area contributed by atoms with Crippen molar-refractivity contribution in [3.8, 4) is 11.3 Å². The number of halogens is 3. The second kappa shape index (κ2) is 11.8. The Labute approximate surface area is 237 Å². The smallest absolute Gasteiger partial charge is 0.416 e. The van der Waals surface area contributed by atoms with E-state index in [1.165, 1.54) is 16.4 Å². The maximum absolute atomic E-state index is 13.5. The molecule has 1 aromatic carbocycles. The lowest BCUT2D eigenvalue weighted by molar-refractivity contribution is -0.138. The molecule has 0 amide bonds. The Morgan fingerprint density at radius 3 is 2.51 bits per heavy atom. The van der Waals surface area contributed by atoms with Crippen molar-refractivity contribution in [1.82, 2.24) is 24.0 Å². The van der Waals surface area contributed by atoms with Crippen LogP contribution in [0.2, 0.25) is 0 Å². The monoisotopic (exact) mass is 591 g/mol. The number of benzene rings is 1. The molecule has 0 radical (unpaired) electrons. The van der Waals surface area contributed by atoms with Crippen LogP contribution in [0.1, 0.15) is 46.8 Å². The van der Waals surface area contributed by atoms with Crippen LogP contribution in [0, 0.1) is 0 Å². The van der Waals surface area contributed by atoms with Gasteiger partial charge in [0.05, 0.1) is 30.2 Å². The molecule has 9 nitrogen and oxygen atoms in total. The normalized spacial score (nSPS) is 18.4. The number of hydrogen-bond acceptors (Lipinski definition) is 6. The molecule has 2 N–H and O–H groups in total. The Morgan fingerprint density at radius 1 is 1.12 bits per heavy atom. The number of nitrogens with one attached hydrogen (secondary N) is 1. The highest BCUT2D eigenvalue weighted by Crippen LogP contribution is 2.37. The molecule has 1 unspecified atom stereocenters. The summed E-state index contributed by atoms with van der Waals surface area (Å²) < 4.78 is 68.0. The Hall–Kier alpha value is -2.84. The predicted molar refractivity (Wildman–Crippen MR) is 148 cm³/mol. The molecule has 0 spiro atoms. The third kappa shape index (κ3) is 6.64. The van der Waals surface area contributed by atoms with E-state index in [4.69, 9.17) is 10.8 Å². The lowest BCUT2D eigenvalue weighted by Gasteiger charge is -2.33. The fourth-order valence-corrected chi connectivity index (χ4v) is 6.67. The summed E-state index contributed by atoms with van der Waals surface area (Å²) in [7, 11) is -3.51. The minimum absolute atomic E-state index is 0.0395. The highest BCUT2D eigenvalue weighted by atomic mass is 32.2. The Morgan fingerprint density at radius 2 is 1.88 bits per heavy atom. The molecule has 5 rings (SSSR count). The summed E-state index contributed by atoms with van der Waals surface area (Å²) in [5.41, 5.74) is 9.83. The minimum atomic E-state index is -4.59. The number of aromatic nitrogens is 3. The highest BCUT2D eigenvalue weighted by Gasteiger charge is 2.34. The summed E-state index contributed by atoms with van der Waals surface area (Å²) in [6, 6.07) is 9.51. The standard InChI is InChI=1S/C28H34F3N6O3S/c1-41(39,40)36-13-9-26-23(18-36)27(20-5-6-24(28(29,30)31)21(14-20)15-32)34-37(26)17-22(38)16-35-11-7-19(8-12-35)25-4-2-3-10-33-25/h2-6,10,14,19,22,32,38H,7-9,11-13,15-18H2,1H3/q-1. The van der Waals surface area contributed by atoms with Crippen LogP contribution in [0.15, 0.2) is 42.6 Å². The van der Waals surface area contributed by atoms with Gasteiger partial charge in [-0.1, -0.05) is 23.8 Å². The summed E-state index contributed by atoms with van der Waals surface area (Å²) in [6.45, 7) is 2.00. The summed E-state index contributed by atoms with van der Waals surface area (Å²) in [5.74, 6) is 0.389. The van der Waals surface area contributed by atoms with Crippen molar-refractivity contribution in [1.29, 1.82) is 0 Å². The number of likely N-dealkylation sites (tertiary alicyclic amines) is 1. The maximum atomic E-state index is 13.5. The number of piperidine rings is 1. The first-order valence-corrected chi connectivity index (χ1v) is 15.5.